The molecular formula is C17H15NOS. The van der Waals surface area contributed by atoms with Crippen LogP contribution in [0.2, 0.25) is 0 Å². The Morgan fingerprint density at radius 2 is 1.95 bits per heavy atom. The Balaban J connectivity index is 1.83. The van der Waals surface area contributed by atoms with E-state index in [4.69, 9.17) is 0 Å². The van der Waals surface area contributed by atoms with Gasteiger partial charge in [-0.05, 0) is 30.7 Å². The fourth-order valence-corrected chi connectivity index (χ4v) is 3.06. The molecule has 0 spiro atoms. The molecule has 0 atom stereocenters. The van der Waals surface area contributed by atoms with Crippen LogP contribution in [0.1, 0.15) is 27.2 Å². The minimum absolute atomic E-state index is 0.150. The third-order valence-corrected chi connectivity index (χ3v) is 4.55. The molecule has 0 radical (unpaired) electrons. The van der Waals surface area contributed by atoms with Crippen molar-refractivity contribution in [2.24, 2.45) is 0 Å². The van der Waals surface area contributed by atoms with E-state index in [-0.39, 0.29) is 5.78 Å². The van der Waals surface area contributed by atoms with Gasteiger partial charge >= 0.3 is 0 Å². The summed E-state index contributed by atoms with van der Waals surface area (Å²) < 4.78 is 0. The number of nitrogens with zero attached hydrogens (tertiary/aromatic N) is 1. The van der Waals surface area contributed by atoms with Crippen LogP contribution in [0.5, 0.6) is 0 Å². The third-order valence-electron chi connectivity index (χ3n) is 3.28. The van der Waals surface area contributed by atoms with E-state index in [1.807, 2.05) is 48.5 Å². The number of ketones is 1. The Morgan fingerprint density at radius 3 is 2.75 bits per heavy atom. The molecule has 1 aromatic carbocycles. The number of fused-ring (bicyclic) bond motifs is 1. The molecular weight excluding hydrogens is 266 g/mol. The largest absolute Gasteiger partial charge is 0.293 e. The summed E-state index contributed by atoms with van der Waals surface area (Å²) in [6.45, 7) is 2.10. The number of rotatable bonds is 4. The molecule has 0 saturated carbocycles. The number of pyridine rings is 1. The van der Waals surface area contributed by atoms with Gasteiger partial charge in [-0.1, -0.05) is 31.2 Å². The van der Waals surface area contributed by atoms with Gasteiger partial charge in [0.15, 0.2) is 5.78 Å². The highest BCUT2D eigenvalue weighted by Gasteiger charge is 2.11. The molecule has 0 saturated heterocycles. The summed E-state index contributed by atoms with van der Waals surface area (Å²) in [4.78, 5) is 18.9. The average Bonchev–Trinajstić information content (AvgIpc) is 2.96. The van der Waals surface area contributed by atoms with E-state index in [0.29, 0.717) is 6.42 Å². The second-order valence-corrected chi connectivity index (χ2v) is 5.88. The van der Waals surface area contributed by atoms with Gasteiger partial charge in [-0.15, -0.1) is 11.3 Å². The molecule has 0 aliphatic heterocycles. The highest BCUT2D eigenvalue weighted by molar-refractivity contribution is 7.14. The van der Waals surface area contributed by atoms with Gasteiger partial charge in [0.05, 0.1) is 16.8 Å². The smallest absolute Gasteiger partial charge is 0.178 e. The highest BCUT2D eigenvalue weighted by Crippen LogP contribution is 2.19. The Kier molecular flexibility index (Phi) is 3.61. The maximum atomic E-state index is 12.2. The van der Waals surface area contributed by atoms with Crippen LogP contribution in [0.4, 0.5) is 0 Å². The van der Waals surface area contributed by atoms with E-state index in [0.717, 1.165) is 27.9 Å². The molecule has 100 valence electrons. The lowest BCUT2D eigenvalue weighted by Crippen LogP contribution is -2.03. The zero-order chi connectivity index (χ0) is 13.9. The van der Waals surface area contributed by atoms with Crippen molar-refractivity contribution in [1.29, 1.82) is 0 Å². The van der Waals surface area contributed by atoms with Crippen LogP contribution < -0.4 is 0 Å². The molecule has 0 unspecified atom stereocenters. The third kappa shape index (κ3) is 2.63. The lowest BCUT2D eigenvalue weighted by molar-refractivity contribution is 0.0996. The molecule has 3 rings (SSSR count). The van der Waals surface area contributed by atoms with Crippen molar-refractivity contribution in [2.75, 3.05) is 0 Å². The van der Waals surface area contributed by atoms with Gasteiger partial charge in [0, 0.05) is 16.0 Å². The Bertz CT molecular complexity index is 760. The molecule has 0 N–H and O–H groups in total. The molecule has 0 aliphatic rings. The quantitative estimate of drug-likeness (QED) is 0.668. The average molecular weight is 281 g/mol. The predicted molar refractivity (Wildman–Crippen MR) is 83.5 cm³/mol. The minimum atomic E-state index is 0.150. The van der Waals surface area contributed by atoms with Gasteiger partial charge in [-0.25, -0.2) is 0 Å². The first-order valence-corrected chi connectivity index (χ1v) is 7.54. The van der Waals surface area contributed by atoms with Gasteiger partial charge < -0.3 is 0 Å². The molecule has 0 fully saturated rings. The Hall–Kier alpha value is -2.00. The number of carbonyl (C=O) groups excluding carboxylic acids is 1. The highest BCUT2D eigenvalue weighted by atomic mass is 32.1. The minimum Gasteiger partial charge on any atom is -0.293 e. The second kappa shape index (κ2) is 5.55. The summed E-state index contributed by atoms with van der Waals surface area (Å²) in [6, 6.07) is 15.9. The maximum absolute atomic E-state index is 12.2. The number of thiophene rings is 1. The molecule has 0 amide bonds. The van der Waals surface area contributed by atoms with Crippen LogP contribution >= 0.6 is 11.3 Å². The van der Waals surface area contributed by atoms with E-state index in [1.165, 1.54) is 4.88 Å². The number of para-hydroxylation sites is 1. The van der Waals surface area contributed by atoms with E-state index in [9.17, 15) is 4.79 Å². The monoisotopic (exact) mass is 281 g/mol. The predicted octanol–water partition coefficient (Wildman–Crippen LogP) is 4.28. The maximum Gasteiger partial charge on any atom is 0.178 e. The summed E-state index contributed by atoms with van der Waals surface area (Å²) in [7, 11) is 0. The summed E-state index contributed by atoms with van der Waals surface area (Å²) in [5.74, 6) is 0.150. The van der Waals surface area contributed by atoms with Gasteiger partial charge in [0.1, 0.15) is 0 Å². The van der Waals surface area contributed by atoms with Crippen LogP contribution in [0, 0.1) is 0 Å². The van der Waals surface area contributed by atoms with Crippen molar-refractivity contribution in [2.45, 2.75) is 19.8 Å². The van der Waals surface area contributed by atoms with Crippen LogP contribution in [0.3, 0.4) is 0 Å². The van der Waals surface area contributed by atoms with Gasteiger partial charge in [-0.3, -0.25) is 9.78 Å². The molecule has 2 heterocycles. The molecule has 3 aromatic rings. The second-order valence-electron chi connectivity index (χ2n) is 4.71. The molecule has 0 aliphatic carbocycles. The topological polar surface area (TPSA) is 30.0 Å². The SMILES string of the molecule is CCc1ccc(C(=O)Cc2ccc3ccccc3n2)s1. The van der Waals surface area contributed by atoms with Crippen molar-refractivity contribution in [3.63, 3.8) is 0 Å². The first-order valence-electron chi connectivity index (χ1n) is 6.73. The Morgan fingerprint density at radius 1 is 1.10 bits per heavy atom. The van der Waals surface area contributed by atoms with Crippen LogP contribution in [-0.2, 0) is 12.8 Å². The van der Waals surface area contributed by atoms with Crippen molar-refractivity contribution in [3.05, 3.63) is 64.0 Å². The van der Waals surface area contributed by atoms with E-state index in [1.54, 1.807) is 11.3 Å². The lowest BCUT2D eigenvalue weighted by atomic mass is 10.1. The molecule has 20 heavy (non-hydrogen) atoms. The number of carbonyl (C=O) groups is 1. The van der Waals surface area contributed by atoms with Crippen LogP contribution in [-0.4, -0.2) is 10.8 Å². The van der Waals surface area contributed by atoms with Crippen molar-refractivity contribution in [1.82, 2.24) is 4.98 Å². The first-order chi connectivity index (χ1) is 9.76. The molecule has 2 aromatic heterocycles. The first kappa shape index (κ1) is 13.0. The van der Waals surface area contributed by atoms with Crippen LogP contribution in [0.25, 0.3) is 10.9 Å². The number of Topliss-reactive ketones (excluding diaryl/α,β-unsaturated/α-hetero) is 1. The number of hydrogen-bond acceptors (Lipinski definition) is 3. The summed E-state index contributed by atoms with van der Waals surface area (Å²) >= 11 is 1.59. The zero-order valence-electron chi connectivity index (χ0n) is 11.3. The Labute approximate surface area is 122 Å². The fraction of sp³-hybridized carbons (Fsp3) is 0.176. The number of aryl methyl sites for hydroxylation is 1. The van der Waals surface area contributed by atoms with Gasteiger partial charge in [0.2, 0.25) is 0 Å². The molecule has 2 nitrogen and oxygen atoms in total. The number of aromatic nitrogens is 1. The molecule has 3 heteroatoms. The van der Waals surface area contributed by atoms with Gasteiger partial charge in [0.25, 0.3) is 0 Å². The zero-order valence-corrected chi connectivity index (χ0v) is 12.1. The summed E-state index contributed by atoms with van der Waals surface area (Å²) in [5, 5.41) is 1.10. The van der Waals surface area contributed by atoms with E-state index in [2.05, 4.69) is 11.9 Å². The van der Waals surface area contributed by atoms with Crippen molar-refractivity contribution >= 4 is 28.0 Å². The summed E-state index contributed by atoms with van der Waals surface area (Å²) in [5.41, 5.74) is 1.78. The van der Waals surface area contributed by atoms with Crippen molar-refractivity contribution in [3.8, 4) is 0 Å². The van der Waals surface area contributed by atoms with E-state index >= 15 is 0 Å². The number of hydrogen-bond donors (Lipinski definition) is 0. The van der Waals surface area contributed by atoms with Crippen LogP contribution in [0.15, 0.2) is 48.5 Å². The van der Waals surface area contributed by atoms with Gasteiger partial charge in [-0.2, -0.15) is 0 Å². The van der Waals surface area contributed by atoms with E-state index < -0.39 is 0 Å². The normalized spacial score (nSPS) is 10.8. The summed E-state index contributed by atoms with van der Waals surface area (Å²) in [6.07, 6.45) is 1.35. The lowest BCUT2D eigenvalue weighted by Gasteiger charge is -2.01. The number of benzene rings is 1. The van der Waals surface area contributed by atoms with Crippen molar-refractivity contribution < 1.29 is 4.79 Å². The molecule has 0 bridgehead atoms. The fourth-order valence-electron chi connectivity index (χ4n) is 2.18. The standard InChI is InChI=1S/C17H15NOS/c1-2-14-9-10-17(20-14)16(19)11-13-8-7-12-5-3-4-6-15(12)18-13/h3-10H,2,11H2,1H3.